The summed E-state index contributed by atoms with van der Waals surface area (Å²) in [5, 5.41) is 3.65. The second kappa shape index (κ2) is 8.34. The fourth-order valence-corrected chi connectivity index (χ4v) is 3.27. The summed E-state index contributed by atoms with van der Waals surface area (Å²) in [6.07, 6.45) is 4.83. The van der Waals surface area contributed by atoms with Crippen LogP contribution in [0.15, 0.2) is 42.6 Å². The number of rotatable bonds is 5. The topological polar surface area (TPSA) is 45.2 Å². The summed E-state index contributed by atoms with van der Waals surface area (Å²) in [6, 6.07) is 11.5. The summed E-state index contributed by atoms with van der Waals surface area (Å²) in [5.41, 5.74) is 1.71. The van der Waals surface area contributed by atoms with E-state index in [0.717, 1.165) is 41.8 Å². The summed E-state index contributed by atoms with van der Waals surface area (Å²) in [6.45, 7) is 4.95. The zero-order chi connectivity index (χ0) is 17.6. The van der Waals surface area contributed by atoms with Crippen LogP contribution in [0.4, 0.5) is 5.82 Å². The lowest BCUT2D eigenvalue weighted by Gasteiger charge is -2.31. The fourth-order valence-electron chi connectivity index (χ4n) is 3.06. The van der Waals surface area contributed by atoms with Gasteiger partial charge in [-0.1, -0.05) is 30.7 Å². The third-order valence-electron chi connectivity index (χ3n) is 4.71. The van der Waals surface area contributed by atoms with E-state index in [2.05, 4.69) is 22.1 Å². The highest BCUT2D eigenvalue weighted by Gasteiger charge is 2.17. The molecule has 1 amide bonds. The number of amides is 1. The Balaban J connectivity index is 1.50. The molecule has 0 aliphatic carbocycles. The monoisotopic (exact) mass is 357 g/mol. The Morgan fingerprint density at radius 2 is 2.08 bits per heavy atom. The smallest absolute Gasteiger partial charge is 0.252 e. The van der Waals surface area contributed by atoms with Crippen LogP contribution >= 0.6 is 11.6 Å². The van der Waals surface area contributed by atoms with E-state index in [1.54, 1.807) is 6.20 Å². The minimum absolute atomic E-state index is 0.0895. The molecule has 2 aromatic rings. The van der Waals surface area contributed by atoms with E-state index in [-0.39, 0.29) is 5.91 Å². The van der Waals surface area contributed by atoms with Crippen LogP contribution in [0, 0.1) is 5.92 Å². The Morgan fingerprint density at radius 1 is 1.28 bits per heavy atom. The molecule has 0 saturated carbocycles. The van der Waals surface area contributed by atoms with Crippen molar-refractivity contribution in [2.75, 3.05) is 24.5 Å². The lowest BCUT2D eigenvalue weighted by atomic mass is 9.99. The molecule has 5 heteroatoms. The van der Waals surface area contributed by atoms with Crippen LogP contribution in [0.5, 0.6) is 0 Å². The first-order chi connectivity index (χ1) is 12.1. The van der Waals surface area contributed by atoms with Crippen molar-refractivity contribution in [3.8, 4) is 0 Å². The van der Waals surface area contributed by atoms with E-state index < -0.39 is 0 Å². The van der Waals surface area contributed by atoms with Crippen molar-refractivity contribution < 1.29 is 4.79 Å². The van der Waals surface area contributed by atoms with E-state index in [0.29, 0.717) is 12.1 Å². The van der Waals surface area contributed by atoms with Gasteiger partial charge in [0.1, 0.15) is 5.82 Å². The SMILES string of the molecule is CC1CCN(c2ccc(C(=O)NCCc3cccc(Cl)c3)cn2)CC1. The third-order valence-corrected chi connectivity index (χ3v) is 4.94. The van der Waals surface area contributed by atoms with E-state index in [9.17, 15) is 4.79 Å². The number of nitrogens with zero attached hydrogens (tertiary/aromatic N) is 2. The van der Waals surface area contributed by atoms with Crippen molar-refractivity contribution in [3.05, 3.63) is 58.7 Å². The summed E-state index contributed by atoms with van der Waals surface area (Å²) >= 11 is 5.97. The van der Waals surface area contributed by atoms with Crippen molar-refractivity contribution in [3.63, 3.8) is 0 Å². The van der Waals surface area contributed by atoms with Crippen molar-refractivity contribution in [2.45, 2.75) is 26.2 Å². The van der Waals surface area contributed by atoms with Gasteiger partial charge in [-0.05, 0) is 55.0 Å². The number of hydrogen-bond acceptors (Lipinski definition) is 3. The molecule has 1 aliphatic rings. The average Bonchev–Trinajstić information content (AvgIpc) is 2.62. The van der Waals surface area contributed by atoms with Crippen LogP contribution < -0.4 is 10.2 Å². The van der Waals surface area contributed by atoms with Gasteiger partial charge in [-0.3, -0.25) is 4.79 Å². The molecule has 132 valence electrons. The van der Waals surface area contributed by atoms with Crippen molar-refractivity contribution in [1.29, 1.82) is 0 Å². The predicted octanol–water partition coefficient (Wildman–Crippen LogP) is 3.94. The van der Waals surface area contributed by atoms with E-state index >= 15 is 0 Å². The minimum atomic E-state index is -0.0895. The molecule has 1 aromatic carbocycles. The van der Waals surface area contributed by atoms with Gasteiger partial charge in [-0.15, -0.1) is 0 Å². The molecular weight excluding hydrogens is 334 g/mol. The van der Waals surface area contributed by atoms with Crippen LogP contribution in [-0.4, -0.2) is 30.5 Å². The fraction of sp³-hybridized carbons (Fsp3) is 0.400. The number of carbonyl (C=O) groups excluding carboxylic acids is 1. The zero-order valence-electron chi connectivity index (χ0n) is 14.5. The van der Waals surface area contributed by atoms with E-state index in [4.69, 9.17) is 11.6 Å². The highest BCUT2D eigenvalue weighted by molar-refractivity contribution is 6.30. The number of carbonyl (C=O) groups is 1. The van der Waals surface area contributed by atoms with Crippen LogP contribution in [0.1, 0.15) is 35.7 Å². The minimum Gasteiger partial charge on any atom is -0.357 e. The summed E-state index contributed by atoms with van der Waals surface area (Å²) < 4.78 is 0. The molecule has 0 spiro atoms. The lowest BCUT2D eigenvalue weighted by Crippen LogP contribution is -2.33. The first-order valence-corrected chi connectivity index (χ1v) is 9.23. The first-order valence-electron chi connectivity index (χ1n) is 8.85. The van der Waals surface area contributed by atoms with Gasteiger partial charge in [0.2, 0.25) is 0 Å². The van der Waals surface area contributed by atoms with Crippen LogP contribution in [0.2, 0.25) is 5.02 Å². The maximum atomic E-state index is 12.2. The molecule has 0 bridgehead atoms. The lowest BCUT2D eigenvalue weighted by molar-refractivity contribution is 0.0954. The number of anilines is 1. The number of halogens is 1. The van der Waals surface area contributed by atoms with Gasteiger partial charge < -0.3 is 10.2 Å². The third kappa shape index (κ3) is 4.95. The van der Waals surface area contributed by atoms with Crippen LogP contribution in [0.3, 0.4) is 0 Å². The van der Waals surface area contributed by atoms with Crippen molar-refractivity contribution in [1.82, 2.24) is 10.3 Å². The van der Waals surface area contributed by atoms with Crippen LogP contribution in [-0.2, 0) is 6.42 Å². The van der Waals surface area contributed by atoms with Gasteiger partial charge in [0, 0.05) is 30.9 Å². The number of hydrogen-bond donors (Lipinski definition) is 1. The Labute approximate surface area is 154 Å². The molecule has 3 rings (SSSR count). The van der Waals surface area contributed by atoms with Gasteiger partial charge in [-0.2, -0.15) is 0 Å². The molecule has 0 radical (unpaired) electrons. The zero-order valence-corrected chi connectivity index (χ0v) is 15.3. The molecule has 1 N–H and O–H groups in total. The van der Waals surface area contributed by atoms with Gasteiger partial charge in [-0.25, -0.2) is 4.98 Å². The van der Waals surface area contributed by atoms with Gasteiger partial charge >= 0.3 is 0 Å². The normalized spacial score (nSPS) is 15.2. The molecule has 1 fully saturated rings. The molecular formula is C20H24ClN3O. The van der Waals surface area contributed by atoms with Gasteiger partial charge in [0.15, 0.2) is 0 Å². The van der Waals surface area contributed by atoms with Gasteiger partial charge in [0.25, 0.3) is 5.91 Å². The first kappa shape index (κ1) is 17.7. The maximum absolute atomic E-state index is 12.2. The predicted molar refractivity (Wildman–Crippen MR) is 102 cm³/mol. The number of aromatic nitrogens is 1. The highest BCUT2D eigenvalue weighted by Crippen LogP contribution is 2.21. The molecule has 1 aromatic heterocycles. The Bertz CT molecular complexity index is 709. The van der Waals surface area contributed by atoms with E-state index in [1.807, 2.05) is 36.4 Å². The maximum Gasteiger partial charge on any atom is 0.252 e. The van der Waals surface area contributed by atoms with E-state index in [1.165, 1.54) is 12.8 Å². The molecule has 25 heavy (non-hydrogen) atoms. The molecule has 1 aliphatic heterocycles. The summed E-state index contributed by atoms with van der Waals surface area (Å²) in [4.78, 5) is 19.0. The second-order valence-corrected chi connectivity index (χ2v) is 7.15. The Morgan fingerprint density at radius 3 is 2.76 bits per heavy atom. The quantitative estimate of drug-likeness (QED) is 0.881. The standard InChI is InChI=1S/C20H24ClN3O/c1-15-8-11-24(12-9-15)19-6-5-17(14-23-19)20(25)22-10-7-16-3-2-4-18(21)13-16/h2-6,13-15H,7-12H2,1H3,(H,22,25). The number of benzene rings is 1. The number of piperidine rings is 1. The molecule has 4 nitrogen and oxygen atoms in total. The highest BCUT2D eigenvalue weighted by atomic mass is 35.5. The van der Waals surface area contributed by atoms with Crippen molar-refractivity contribution >= 4 is 23.3 Å². The molecule has 2 heterocycles. The van der Waals surface area contributed by atoms with Crippen LogP contribution in [0.25, 0.3) is 0 Å². The summed E-state index contributed by atoms with van der Waals surface area (Å²) in [5.74, 6) is 1.66. The average molecular weight is 358 g/mol. The summed E-state index contributed by atoms with van der Waals surface area (Å²) in [7, 11) is 0. The molecule has 0 atom stereocenters. The van der Waals surface area contributed by atoms with Crippen molar-refractivity contribution in [2.24, 2.45) is 5.92 Å². The molecule has 1 saturated heterocycles. The Kier molecular flexibility index (Phi) is 5.92. The Hall–Kier alpha value is -2.07. The number of nitrogens with one attached hydrogen (secondary N) is 1. The largest absolute Gasteiger partial charge is 0.357 e. The number of pyridine rings is 1. The molecule has 0 unspecified atom stereocenters. The van der Waals surface area contributed by atoms with Gasteiger partial charge in [0.05, 0.1) is 5.56 Å². The second-order valence-electron chi connectivity index (χ2n) is 6.71.